The molecule has 3 heterocycles. The molecule has 1 aromatic carbocycles. The molecule has 0 bridgehead atoms. The van der Waals surface area contributed by atoms with Crippen LogP contribution in [-0.4, -0.2) is 58.8 Å². The second-order valence-electron chi connectivity index (χ2n) is 8.79. The highest BCUT2D eigenvalue weighted by atomic mass is 16.5. The van der Waals surface area contributed by atoms with Crippen molar-refractivity contribution in [1.82, 2.24) is 24.8 Å². The fourth-order valence-electron chi connectivity index (χ4n) is 4.35. The van der Waals surface area contributed by atoms with Crippen molar-refractivity contribution >= 4 is 16.9 Å². The molecule has 0 aliphatic carbocycles. The van der Waals surface area contributed by atoms with Crippen molar-refractivity contribution in [2.24, 2.45) is 0 Å². The maximum absolute atomic E-state index is 9.77. The van der Waals surface area contributed by atoms with Gasteiger partial charge in [0.15, 0.2) is 5.65 Å². The number of unbranched alkanes of at least 4 members (excludes halogenated alkanes) is 1. The first-order valence-electron chi connectivity index (χ1n) is 11.8. The van der Waals surface area contributed by atoms with Crippen molar-refractivity contribution < 1.29 is 9.47 Å². The van der Waals surface area contributed by atoms with Gasteiger partial charge >= 0.3 is 6.01 Å². The maximum Gasteiger partial charge on any atom is 0.320 e. The number of nitriles is 1. The molecule has 1 atom stereocenters. The van der Waals surface area contributed by atoms with Gasteiger partial charge in [0.1, 0.15) is 23.3 Å². The summed E-state index contributed by atoms with van der Waals surface area (Å²) in [5, 5.41) is 13.9. The zero-order valence-electron chi connectivity index (χ0n) is 20.2. The Morgan fingerprint density at radius 3 is 2.85 bits per heavy atom. The van der Waals surface area contributed by atoms with Crippen LogP contribution in [0.1, 0.15) is 43.5 Å². The van der Waals surface area contributed by atoms with E-state index in [1.807, 2.05) is 4.57 Å². The summed E-state index contributed by atoms with van der Waals surface area (Å²) in [6.45, 7) is 9.17. The van der Waals surface area contributed by atoms with Crippen molar-refractivity contribution in [3.8, 4) is 17.8 Å². The van der Waals surface area contributed by atoms with Crippen molar-refractivity contribution in [2.75, 3.05) is 39.1 Å². The number of nitrogens with two attached hydrogens (primary N) is 1. The second-order valence-corrected chi connectivity index (χ2v) is 8.79. The number of ether oxygens (including phenoxy) is 2. The van der Waals surface area contributed by atoms with Crippen LogP contribution in [-0.2, 0) is 13.1 Å². The van der Waals surface area contributed by atoms with Gasteiger partial charge in [-0.3, -0.25) is 4.90 Å². The quantitative estimate of drug-likeness (QED) is 0.466. The van der Waals surface area contributed by atoms with Crippen LogP contribution in [0.4, 0.5) is 5.82 Å². The molecule has 1 aliphatic heterocycles. The first kappa shape index (κ1) is 23.8. The van der Waals surface area contributed by atoms with Crippen LogP contribution in [0.5, 0.6) is 11.8 Å². The van der Waals surface area contributed by atoms with Crippen LogP contribution in [0.15, 0.2) is 24.3 Å². The van der Waals surface area contributed by atoms with E-state index in [0.29, 0.717) is 41.7 Å². The zero-order valence-corrected chi connectivity index (χ0v) is 20.2. The molecule has 1 saturated heterocycles. The molecular formula is C25H33N7O2. The van der Waals surface area contributed by atoms with Gasteiger partial charge in [0.05, 0.1) is 25.6 Å². The topological polar surface area (TPSA) is 114 Å². The SMILES string of the molecule is CCCCOc1nc(N)c2cc(C#N)n(Cc3ccc(CN4CCN[C@H](C)C4)cc3OC)c2n1. The monoisotopic (exact) mass is 463 g/mol. The average molecular weight is 464 g/mol. The number of benzene rings is 1. The van der Waals surface area contributed by atoms with Gasteiger partial charge < -0.3 is 25.1 Å². The van der Waals surface area contributed by atoms with Gasteiger partial charge in [0.25, 0.3) is 0 Å². The third kappa shape index (κ3) is 5.24. The van der Waals surface area contributed by atoms with Crippen molar-refractivity contribution in [2.45, 2.75) is 45.8 Å². The largest absolute Gasteiger partial charge is 0.496 e. The lowest BCUT2D eigenvalue weighted by Gasteiger charge is -2.31. The number of piperazine rings is 1. The van der Waals surface area contributed by atoms with Crippen LogP contribution in [0.25, 0.3) is 11.0 Å². The Balaban J connectivity index is 1.62. The minimum atomic E-state index is 0.231. The third-order valence-electron chi connectivity index (χ3n) is 6.14. The van der Waals surface area contributed by atoms with Crippen molar-refractivity contribution in [1.29, 1.82) is 5.26 Å². The van der Waals surface area contributed by atoms with Gasteiger partial charge in [-0.2, -0.15) is 15.2 Å². The number of aromatic nitrogens is 3. The number of methoxy groups -OCH3 is 1. The number of rotatable bonds is 9. The maximum atomic E-state index is 9.77. The lowest BCUT2D eigenvalue weighted by Crippen LogP contribution is -2.48. The highest BCUT2D eigenvalue weighted by Crippen LogP contribution is 2.28. The van der Waals surface area contributed by atoms with Crippen molar-refractivity contribution in [3.63, 3.8) is 0 Å². The van der Waals surface area contributed by atoms with E-state index in [9.17, 15) is 5.26 Å². The molecule has 0 spiro atoms. The predicted molar refractivity (Wildman–Crippen MR) is 132 cm³/mol. The van der Waals surface area contributed by atoms with Crippen LogP contribution in [0.2, 0.25) is 0 Å². The van der Waals surface area contributed by atoms with E-state index in [1.54, 1.807) is 13.2 Å². The highest BCUT2D eigenvalue weighted by Gasteiger charge is 2.19. The average Bonchev–Trinajstić information content (AvgIpc) is 3.18. The van der Waals surface area contributed by atoms with E-state index >= 15 is 0 Å². The molecule has 1 fully saturated rings. The smallest absolute Gasteiger partial charge is 0.320 e. The summed E-state index contributed by atoms with van der Waals surface area (Å²) in [7, 11) is 1.67. The van der Waals surface area contributed by atoms with Gasteiger partial charge in [-0.15, -0.1) is 0 Å². The van der Waals surface area contributed by atoms with Crippen molar-refractivity contribution in [3.05, 3.63) is 41.1 Å². The normalized spacial score (nSPS) is 16.5. The summed E-state index contributed by atoms with van der Waals surface area (Å²) in [6, 6.07) is 11.0. The van der Waals surface area contributed by atoms with E-state index in [2.05, 4.69) is 58.3 Å². The highest BCUT2D eigenvalue weighted by molar-refractivity contribution is 5.88. The Hall–Kier alpha value is -3.35. The van der Waals surface area contributed by atoms with Crippen LogP contribution in [0.3, 0.4) is 0 Å². The Kier molecular flexibility index (Phi) is 7.50. The van der Waals surface area contributed by atoms with E-state index in [4.69, 9.17) is 15.2 Å². The lowest BCUT2D eigenvalue weighted by molar-refractivity contribution is 0.199. The van der Waals surface area contributed by atoms with E-state index in [0.717, 1.165) is 50.3 Å². The first-order chi connectivity index (χ1) is 16.5. The standard InChI is InChI=1S/C25H33N7O2/c1-4-5-10-34-25-29-23(27)21-12-20(13-26)32(24(21)30-25)16-19-7-6-18(11-22(19)33-3)15-31-9-8-28-17(2)14-31/h6-7,11-12,17,28H,4-5,8-10,14-16H2,1-3H3,(H2,27,29,30)/t17-/m1/s1. The van der Waals surface area contributed by atoms with Gasteiger partial charge in [-0.1, -0.05) is 25.5 Å². The van der Waals surface area contributed by atoms with Gasteiger partial charge in [-0.25, -0.2) is 0 Å². The number of hydrogen-bond acceptors (Lipinski definition) is 8. The second kappa shape index (κ2) is 10.7. The number of nitrogen functional groups attached to an aromatic ring is 1. The fourth-order valence-corrected chi connectivity index (χ4v) is 4.35. The molecule has 2 aromatic heterocycles. The molecule has 0 amide bonds. The Morgan fingerprint density at radius 1 is 1.26 bits per heavy atom. The summed E-state index contributed by atoms with van der Waals surface area (Å²) in [6.07, 6.45) is 1.91. The number of nitrogens with one attached hydrogen (secondary N) is 1. The zero-order chi connectivity index (χ0) is 24.1. The molecule has 0 unspecified atom stereocenters. The summed E-state index contributed by atoms with van der Waals surface area (Å²) >= 11 is 0. The summed E-state index contributed by atoms with van der Waals surface area (Å²) in [4.78, 5) is 11.3. The number of anilines is 1. The molecule has 9 heteroatoms. The third-order valence-corrected chi connectivity index (χ3v) is 6.14. The predicted octanol–water partition coefficient (Wildman–Crippen LogP) is 2.91. The van der Waals surface area contributed by atoms with Crippen LogP contribution >= 0.6 is 0 Å². The van der Waals surface area contributed by atoms with Gasteiger partial charge in [0, 0.05) is 37.8 Å². The molecule has 0 radical (unpaired) electrons. The molecule has 3 N–H and O–H groups in total. The molecule has 34 heavy (non-hydrogen) atoms. The number of hydrogen-bond donors (Lipinski definition) is 2. The van der Waals surface area contributed by atoms with Gasteiger partial charge in [-0.05, 0) is 31.0 Å². The summed E-state index contributed by atoms with van der Waals surface area (Å²) < 4.78 is 13.3. The van der Waals surface area contributed by atoms with E-state index in [-0.39, 0.29) is 6.01 Å². The molecule has 180 valence electrons. The Labute approximate surface area is 200 Å². The first-order valence-corrected chi connectivity index (χ1v) is 11.8. The Morgan fingerprint density at radius 2 is 2.12 bits per heavy atom. The summed E-state index contributed by atoms with van der Waals surface area (Å²) in [5.74, 6) is 1.09. The minimum absolute atomic E-state index is 0.231. The van der Waals surface area contributed by atoms with E-state index in [1.165, 1.54) is 5.56 Å². The Bertz CT molecular complexity index is 1180. The molecular weight excluding hydrogens is 430 g/mol. The lowest BCUT2D eigenvalue weighted by atomic mass is 10.1. The molecule has 3 aromatic rings. The minimum Gasteiger partial charge on any atom is -0.496 e. The molecule has 4 rings (SSSR count). The van der Waals surface area contributed by atoms with Crippen LogP contribution in [0, 0.1) is 11.3 Å². The fraction of sp³-hybridized carbons (Fsp3) is 0.480. The van der Waals surface area contributed by atoms with E-state index < -0.39 is 0 Å². The molecule has 9 nitrogen and oxygen atoms in total. The van der Waals surface area contributed by atoms with Crippen LogP contribution < -0.4 is 20.5 Å². The van der Waals surface area contributed by atoms with Gasteiger partial charge in [0.2, 0.25) is 0 Å². The number of nitrogens with zero attached hydrogens (tertiary/aromatic N) is 5. The molecule has 1 aliphatic rings. The molecule has 0 saturated carbocycles. The number of fused-ring (bicyclic) bond motifs is 1. The summed E-state index contributed by atoms with van der Waals surface area (Å²) in [5.41, 5.74) is 9.38.